The van der Waals surface area contributed by atoms with Crippen molar-refractivity contribution in [2.24, 2.45) is 0 Å². The third kappa shape index (κ3) is 2.18. The third-order valence-corrected chi connectivity index (χ3v) is 2.58. The van der Waals surface area contributed by atoms with Gasteiger partial charge in [0.25, 0.3) is 0 Å². The van der Waals surface area contributed by atoms with Crippen LogP contribution in [0.1, 0.15) is 6.92 Å². The normalized spacial score (nSPS) is 23.2. The van der Waals surface area contributed by atoms with Crippen molar-refractivity contribution in [1.82, 2.24) is 15.2 Å². The Morgan fingerprint density at radius 3 is 2.88 bits per heavy atom. The summed E-state index contributed by atoms with van der Waals surface area (Å²) >= 11 is 1.39. The summed E-state index contributed by atoms with van der Waals surface area (Å²) in [5, 5.41) is 23.8. The van der Waals surface area contributed by atoms with Crippen LogP contribution in [0.2, 0.25) is 0 Å². The van der Waals surface area contributed by atoms with Gasteiger partial charge in [0, 0.05) is 6.61 Å². The quantitative estimate of drug-likeness (QED) is 0.644. The lowest BCUT2D eigenvalue weighted by molar-refractivity contribution is -0.00568. The standard InChI is InChI=1S/C8H13N5O2S/c1-3-15-7-6(14)9-4-5(10-7)12-13-8(11-4)16-2/h6-7,14H,3H2,1-2H3,(H,10,12)(H,9,11,13)/t6-,7-/m0/s1. The zero-order valence-corrected chi connectivity index (χ0v) is 9.78. The molecular weight excluding hydrogens is 230 g/mol. The summed E-state index contributed by atoms with van der Waals surface area (Å²) in [6.07, 6.45) is 0.478. The Bertz CT molecular complexity index is 377. The minimum atomic E-state index is -0.848. The van der Waals surface area contributed by atoms with Crippen LogP contribution in [0.25, 0.3) is 0 Å². The molecule has 7 nitrogen and oxygen atoms in total. The highest BCUT2D eigenvalue weighted by atomic mass is 32.2. The molecule has 2 heterocycles. The smallest absolute Gasteiger partial charge is 0.210 e. The third-order valence-electron chi connectivity index (χ3n) is 2.05. The molecule has 0 unspecified atom stereocenters. The number of anilines is 2. The summed E-state index contributed by atoms with van der Waals surface area (Å²) in [5.41, 5.74) is 0. The Kier molecular flexibility index (Phi) is 3.42. The molecule has 0 fully saturated rings. The molecule has 0 spiro atoms. The number of nitrogens with one attached hydrogen (secondary N) is 2. The summed E-state index contributed by atoms with van der Waals surface area (Å²) in [5.74, 6) is 0.976. The molecule has 0 aliphatic carbocycles. The van der Waals surface area contributed by atoms with Gasteiger partial charge in [-0.05, 0) is 13.2 Å². The zero-order valence-electron chi connectivity index (χ0n) is 8.97. The molecule has 16 heavy (non-hydrogen) atoms. The molecule has 0 saturated carbocycles. The Balaban J connectivity index is 2.20. The fourth-order valence-electron chi connectivity index (χ4n) is 1.34. The van der Waals surface area contributed by atoms with Gasteiger partial charge in [0.1, 0.15) is 0 Å². The van der Waals surface area contributed by atoms with Gasteiger partial charge >= 0.3 is 0 Å². The molecule has 8 heteroatoms. The monoisotopic (exact) mass is 243 g/mol. The maximum Gasteiger partial charge on any atom is 0.210 e. The van der Waals surface area contributed by atoms with Gasteiger partial charge in [-0.3, -0.25) is 0 Å². The summed E-state index contributed by atoms with van der Waals surface area (Å²) in [6.45, 7) is 2.35. The maximum absolute atomic E-state index is 9.72. The predicted octanol–water partition coefficient (Wildman–Crippen LogP) is 0.112. The van der Waals surface area contributed by atoms with Gasteiger partial charge in [0.2, 0.25) is 5.16 Å². The lowest BCUT2D eigenvalue weighted by Crippen LogP contribution is -2.45. The number of nitrogens with zero attached hydrogens (tertiary/aromatic N) is 3. The molecule has 0 radical (unpaired) electrons. The zero-order chi connectivity index (χ0) is 11.5. The van der Waals surface area contributed by atoms with Crippen LogP contribution in [0.4, 0.5) is 11.6 Å². The van der Waals surface area contributed by atoms with E-state index in [2.05, 4.69) is 25.8 Å². The van der Waals surface area contributed by atoms with E-state index in [0.717, 1.165) is 0 Å². The first-order valence-electron chi connectivity index (χ1n) is 4.86. The number of aliphatic hydroxyl groups excluding tert-OH is 1. The average Bonchev–Trinajstić information content (AvgIpc) is 2.30. The molecule has 2 rings (SSSR count). The summed E-state index contributed by atoms with van der Waals surface area (Å²) in [7, 11) is 0. The van der Waals surface area contributed by atoms with Crippen LogP contribution < -0.4 is 10.6 Å². The largest absolute Gasteiger partial charge is 0.369 e. The molecule has 1 aliphatic heterocycles. The maximum atomic E-state index is 9.72. The molecule has 2 atom stereocenters. The minimum absolute atomic E-state index is 0.488. The molecule has 1 aromatic rings. The van der Waals surface area contributed by atoms with Crippen LogP contribution in [0.3, 0.4) is 0 Å². The molecule has 0 aromatic carbocycles. The molecule has 0 amide bonds. The van der Waals surface area contributed by atoms with Crippen molar-refractivity contribution in [1.29, 1.82) is 0 Å². The van der Waals surface area contributed by atoms with E-state index in [1.54, 1.807) is 0 Å². The SMILES string of the molecule is CCO[C@@H]1Nc2nnc(SC)nc2N[C@H]1O. The van der Waals surface area contributed by atoms with Crippen molar-refractivity contribution >= 4 is 23.4 Å². The van der Waals surface area contributed by atoms with Crippen molar-refractivity contribution in [3.8, 4) is 0 Å². The second-order valence-electron chi connectivity index (χ2n) is 3.11. The summed E-state index contributed by atoms with van der Waals surface area (Å²) in [6, 6.07) is 0. The van der Waals surface area contributed by atoms with E-state index in [-0.39, 0.29) is 0 Å². The Hall–Kier alpha value is -1.12. The number of hydrogen-bond donors (Lipinski definition) is 3. The first-order valence-corrected chi connectivity index (χ1v) is 6.08. The topological polar surface area (TPSA) is 92.2 Å². The van der Waals surface area contributed by atoms with E-state index in [4.69, 9.17) is 4.74 Å². The van der Waals surface area contributed by atoms with Gasteiger partial charge in [-0.15, -0.1) is 10.2 Å². The second kappa shape index (κ2) is 4.81. The van der Waals surface area contributed by atoms with Crippen molar-refractivity contribution in [2.75, 3.05) is 23.5 Å². The number of thioether (sulfide) groups is 1. The number of hydrogen-bond acceptors (Lipinski definition) is 8. The molecule has 1 aromatic heterocycles. The van der Waals surface area contributed by atoms with Crippen molar-refractivity contribution < 1.29 is 9.84 Å². The average molecular weight is 243 g/mol. The van der Waals surface area contributed by atoms with Crippen LogP contribution in [-0.2, 0) is 4.74 Å². The van der Waals surface area contributed by atoms with Gasteiger partial charge in [0.15, 0.2) is 24.1 Å². The van der Waals surface area contributed by atoms with Crippen LogP contribution in [-0.4, -0.2) is 45.6 Å². The number of aromatic nitrogens is 3. The Morgan fingerprint density at radius 1 is 1.38 bits per heavy atom. The predicted molar refractivity (Wildman–Crippen MR) is 60.3 cm³/mol. The minimum Gasteiger partial charge on any atom is -0.369 e. The highest BCUT2D eigenvalue weighted by Crippen LogP contribution is 2.24. The molecule has 88 valence electrons. The number of fused-ring (bicyclic) bond motifs is 1. The van der Waals surface area contributed by atoms with Gasteiger partial charge < -0.3 is 20.5 Å². The number of ether oxygens (including phenoxy) is 1. The van der Waals surface area contributed by atoms with Crippen molar-refractivity contribution in [3.63, 3.8) is 0 Å². The highest BCUT2D eigenvalue weighted by molar-refractivity contribution is 7.98. The molecule has 3 N–H and O–H groups in total. The van der Waals surface area contributed by atoms with E-state index in [0.29, 0.717) is 23.4 Å². The van der Waals surface area contributed by atoms with Crippen LogP contribution in [0, 0.1) is 0 Å². The van der Waals surface area contributed by atoms with Gasteiger partial charge in [0.05, 0.1) is 0 Å². The molecular formula is C8H13N5O2S. The molecule has 0 bridgehead atoms. The fourth-order valence-corrected chi connectivity index (χ4v) is 1.64. The Morgan fingerprint density at radius 2 is 2.19 bits per heavy atom. The Labute approximate surface area is 97.0 Å². The fraction of sp³-hybridized carbons (Fsp3) is 0.625. The van der Waals surface area contributed by atoms with Crippen molar-refractivity contribution in [2.45, 2.75) is 24.5 Å². The summed E-state index contributed by atoms with van der Waals surface area (Å²) in [4.78, 5) is 4.18. The van der Waals surface area contributed by atoms with Gasteiger partial charge in [-0.25, -0.2) is 0 Å². The van der Waals surface area contributed by atoms with E-state index in [9.17, 15) is 5.11 Å². The lowest BCUT2D eigenvalue weighted by Gasteiger charge is -2.30. The molecule has 0 saturated heterocycles. The summed E-state index contributed by atoms with van der Waals surface area (Å²) < 4.78 is 5.28. The van der Waals surface area contributed by atoms with E-state index >= 15 is 0 Å². The number of aliphatic hydroxyl groups is 1. The first kappa shape index (κ1) is 11.4. The van der Waals surface area contributed by atoms with Gasteiger partial charge in [-0.2, -0.15) is 4.98 Å². The van der Waals surface area contributed by atoms with E-state index in [1.807, 2.05) is 13.2 Å². The van der Waals surface area contributed by atoms with Crippen LogP contribution >= 0.6 is 11.8 Å². The van der Waals surface area contributed by atoms with Crippen LogP contribution in [0.5, 0.6) is 0 Å². The van der Waals surface area contributed by atoms with E-state index < -0.39 is 12.5 Å². The number of rotatable bonds is 3. The van der Waals surface area contributed by atoms with Gasteiger partial charge in [-0.1, -0.05) is 11.8 Å². The van der Waals surface area contributed by atoms with Crippen LogP contribution in [0.15, 0.2) is 5.16 Å². The second-order valence-corrected chi connectivity index (χ2v) is 3.88. The molecule has 1 aliphatic rings. The first-order chi connectivity index (χ1) is 7.74. The van der Waals surface area contributed by atoms with E-state index in [1.165, 1.54) is 11.8 Å². The van der Waals surface area contributed by atoms with Crippen molar-refractivity contribution in [3.05, 3.63) is 0 Å². The highest BCUT2D eigenvalue weighted by Gasteiger charge is 2.28. The lowest BCUT2D eigenvalue weighted by atomic mass is 10.3.